The molecule has 3 aromatic rings. The Balaban J connectivity index is 0.00000320. The van der Waals surface area contributed by atoms with Gasteiger partial charge in [-0.1, -0.05) is 44.2 Å². The van der Waals surface area contributed by atoms with E-state index < -0.39 is 0 Å². The lowest BCUT2D eigenvalue weighted by molar-refractivity contribution is 0.473. The summed E-state index contributed by atoms with van der Waals surface area (Å²) in [6, 6.07) is 10.3. The maximum atomic E-state index is 4.60. The molecule has 0 saturated heterocycles. The van der Waals surface area contributed by atoms with Gasteiger partial charge in [-0.15, -0.1) is 24.0 Å². The van der Waals surface area contributed by atoms with Crippen LogP contribution in [-0.4, -0.2) is 44.5 Å². The molecule has 1 N–H and O–H groups in total. The molecule has 0 atom stereocenters. The zero-order valence-corrected chi connectivity index (χ0v) is 20.7. The van der Waals surface area contributed by atoms with Crippen LogP contribution in [0.3, 0.4) is 0 Å². The van der Waals surface area contributed by atoms with Crippen molar-refractivity contribution >= 4 is 29.9 Å². The second-order valence-electron chi connectivity index (χ2n) is 7.66. The Bertz CT molecular complexity index is 944. The number of aromatic nitrogens is 4. The summed E-state index contributed by atoms with van der Waals surface area (Å²) in [5.74, 6) is 1.24. The van der Waals surface area contributed by atoms with Crippen LogP contribution in [0, 0.1) is 0 Å². The minimum Gasteiger partial charge on any atom is -0.352 e. The van der Waals surface area contributed by atoms with Gasteiger partial charge in [-0.2, -0.15) is 10.2 Å². The van der Waals surface area contributed by atoms with E-state index in [2.05, 4.69) is 63.8 Å². The third-order valence-corrected chi connectivity index (χ3v) is 4.79. The van der Waals surface area contributed by atoms with Crippen molar-refractivity contribution in [1.82, 2.24) is 29.8 Å². The molecular formula is C22H32IN7. The van der Waals surface area contributed by atoms with Gasteiger partial charge >= 0.3 is 0 Å². The second kappa shape index (κ2) is 11.1. The first-order valence-corrected chi connectivity index (χ1v) is 9.95. The number of aliphatic imine (C=N–C) groups is 1. The number of hydrogen-bond acceptors (Lipinski definition) is 3. The number of guanidine groups is 1. The maximum absolute atomic E-state index is 4.60. The van der Waals surface area contributed by atoms with E-state index >= 15 is 0 Å². The van der Waals surface area contributed by atoms with Gasteiger partial charge in [-0.25, -0.2) is 0 Å². The van der Waals surface area contributed by atoms with Crippen LogP contribution >= 0.6 is 24.0 Å². The number of halogens is 1. The van der Waals surface area contributed by atoms with E-state index in [0.29, 0.717) is 12.5 Å². The van der Waals surface area contributed by atoms with Crippen molar-refractivity contribution in [2.24, 2.45) is 12.0 Å². The largest absolute Gasteiger partial charge is 0.352 e. The fourth-order valence-corrected chi connectivity index (χ4v) is 3.41. The number of nitrogens with one attached hydrogen (secondary N) is 1. The van der Waals surface area contributed by atoms with Gasteiger partial charge in [0.2, 0.25) is 0 Å². The monoisotopic (exact) mass is 521 g/mol. The summed E-state index contributed by atoms with van der Waals surface area (Å²) in [4.78, 5) is 6.55. The molecule has 0 amide bonds. The normalized spacial score (nSPS) is 11.5. The minimum atomic E-state index is 0. The molecule has 0 aliphatic rings. The van der Waals surface area contributed by atoms with E-state index in [-0.39, 0.29) is 24.0 Å². The molecule has 0 saturated carbocycles. The highest BCUT2D eigenvalue weighted by Crippen LogP contribution is 2.18. The third-order valence-electron chi connectivity index (χ3n) is 4.79. The molecule has 2 heterocycles. The first-order valence-electron chi connectivity index (χ1n) is 9.95. The second-order valence-corrected chi connectivity index (χ2v) is 7.66. The summed E-state index contributed by atoms with van der Waals surface area (Å²) in [5, 5.41) is 12.5. The van der Waals surface area contributed by atoms with Crippen molar-refractivity contribution in [1.29, 1.82) is 0 Å². The van der Waals surface area contributed by atoms with Gasteiger partial charge in [-0.3, -0.25) is 14.4 Å². The predicted octanol–water partition coefficient (Wildman–Crippen LogP) is 3.61. The van der Waals surface area contributed by atoms with E-state index in [1.54, 1.807) is 0 Å². The highest BCUT2D eigenvalue weighted by molar-refractivity contribution is 14.0. The summed E-state index contributed by atoms with van der Waals surface area (Å²) in [6.07, 6.45) is 6.07. The highest BCUT2D eigenvalue weighted by atomic mass is 127. The molecule has 3 rings (SSSR count). The zero-order valence-electron chi connectivity index (χ0n) is 18.4. The molecule has 0 spiro atoms. The van der Waals surface area contributed by atoms with Gasteiger partial charge in [0.1, 0.15) is 0 Å². The van der Waals surface area contributed by atoms with Crippen LogP contribution in [0.5, 0.6) is 0 Å². The van der Waals surface area contributed by atoms with Crippen LogP contribution in [0.1, 0.15) is 42.1 Å². The Hall–Kier alpha value is -2.36. The van der Waals surface area contributed by atoms with Crippen LogP contribution in [0.4, 0.5) is 0 Å². The molecular weight excluding hydrogens is 489 g/mol. The van der Waals surface area contributed by atoms with Crippen molar-refractivity contribution in [3.05, 3.63) is 71.3 Å². The van der Waals surface area contributed by atoms with E-state index in [4.69, 9.17) is 0 Å². The van der Waals surface area contributed by atoms with Gasteiger partial charge in [0.15, 0.2) is 5.96 Å². The number of rotatable bonds is 7. The van der Waals surface area contributed by atoms with E-state index in [9.17, 15) is 0 Å². The summed E-state index contributed by atoms with van der Waals surface area (Å²) in [5.41, 5.74) is 4.73. The molecule has 0 aliphatic heterocycles. The number of aryl methyl sites for hydroxylation is 1. The zero-order chi connectivity index (χ0) is 20.8. The topological polar surface area (TPSA) is 63.3 Å². The number of benzene rings is 1. The molecule has 2 aromatic heterocycles. The third kappa shape index (κ3) is 6.32. The number of nitrogens with zero attached hydrogens (tertiary/aromatic N) is 6. The first kappa shape index (κ1) is 23.9. The molecule has 0 fully saturated rings. The Morgan fingerprint density at radius 3 is 2.57 bits per heavy atom. The van der Waals surface area contributed by atoms with E-state index in [1.807, 2.05) is 54.9 Å². The lowest BCUT2D eigenvalue weighted by atomic mass is 10.1. The molecule has 0 radical (unpaired) electrons. The fourth-order valence-electron chi connectivity index (χ4n) is 3.41. The minimum absolute atomic E-state index is 0. The molecule has 8 heteroatoms. The molecule has 0 aliphatic carbocycles. The fraction of sp³-hybridized carbons (Fsp3) is 0.409. The van der Waals surface area contributed by atoms with Gasteiger partial charge < -0.3 is 10.2 Å². The number of hydrogen-bond donors (Lipinski definition) is 1. The van der Waals surface area contributed by atoms with Crippen molar-refractivity contribution in [2.45, 2.75) is 39.4 Å². The smallest absolute Gasteiger partial charge is 0.193 e. The van der Waals surface area contributed by atoms with Gasteiger partial charge in [0, 0.05) is 57.8 Å². The SMILES string of the molecule is CN=C(NCc1cnn(Cc2ccccc2)c1)N(C)Cc1cn(C)nc1C(C)C.I. The Morgan fingerprint density at radius 1 is 1.17 bits per heavy atom. The van der Waals surface area contributed by atoms with E-state index in [0.717, 1.165) is 30.3 Å². The molecule has 30 heavy (non-hydrogen) atoms. The summed E-state index contributed by atoms with van der Waals surface area (Å²) in [6.45, 7) is 6.55. The van der Waals surface area contributed by atoms with Crippen LogP contribution in [0.2, 0.25) is 0 Å². The molecule has 7 nitrogen and oxygen atoms in total. The highest BCUT2D eigenvalue weighted by Gasteiger charge is 2.15. The average molecular weight is 521 g/mol. The predicted molar refractivity (Wildman–Crippen MR) is 132 cm³/mol. The Labute approximate surface area is 196 Å². The maximum Gasteiger partial charge on any atom is 0.193 e. The van der Waals surface area contributed by atoms with Crippen molar-refractivity contribution in [3.8, 4) is 0 Å². The summed E-state index contributed by atoms with van der Waals surface area (Å²) < 4.78 is 3.85. The van der Waals surface area contributed by atoms with Gasteiger partial charge in [0.25, 0.3) is 0 Å². The lowest BCUT2D eigenvalue weighted by Gasteiger charge is -2.22. The van der Waals surface area contributed by atoms with Crippen LogP contribution in [-0.2, 0) is 26.7 Å². The summed E-state index contributed by atoms with van der Waals surface area (Å²) >= 11 is 0. The standard InChI is InChI=1S/C22H31N7.HI/c1-17(2)21-20(16-28(5)26-21)15-27(4)22(23-3)24-11-19-12-25-29(14-19)13-18-9-7-6-8-10-18;/h6-10,12,14,16-17H,11,13,15H2,1-5H3,(H,23,24);1H. The molecule has 0 unspecified atom stereocenters. The molecule has 0 bridgehead atoms. The van der Waals surface area contributed by atoms with Crippen LogP contribution in [0.25, 0.3) is 0 Å². The van der Waals surface area contributed by atoms with Crippen LogP contribution in [0.15, 0.2) is 53.9 Å². The van der Waals surface area contributed by atoms with Crippen molar-refractivity contribution in [2.75, 3.05) is 14.1 Å². The Morgan fingerprint density at radius 2 is 1.90 bits per heavy atom. The van der Waals surface area contributed by atoms with Crippen molar-refractivity contribution < 1.29 is 0 Å². The molecule has 1 aromatic carbocycles. The van der Waals surface area contributed by atoms with Gasteiger partial charge in [0.05, 0.1) is 18.4 Å². The van der Waals surface area contributed by atoms with Crippen molar-refractivity contribution in [3.63, 3.8) is 0 Å². The van der Waals surface area contributed by atoms with Gasteiger partial charge in [-0.05, 0) is 11.5 Å². The quantitative estimate of drug-likeness (QED) is 0.293. The van der Waals surface area contributed by atoms with Crippen LogP contribution < -0.4 is 5.32 Å². The Kier molecular flexibility index (Phi) is 8.88. The summed E-state index contributed by atoms with van der Waals surface area (Å²) in [7, 11) is 5.82. The molecule has 162 valence electrons. The average Bonchev–Trinajstić information content (AvgIpc) is 3.29. The first-order chi connectivity index (χ1) is 14.0. The van der Waals surface area contributed by atoms with E-state index in [1.165, 1.54) is 11.1 Å². The lowest BCUT2D eigenvalue weighted by Crippen LogP contribution is -2.38.